The van der Waals surface area contributed by atoms with Crippen LogP contribution in [0.25, 0.3) is 21.9 Å². The largest absolute Gasteiger partial charge is 0.414 e. The number of carbonyl (C=O) groups is 13. The van der Waals surface area contributed by atoms with Crippen molar-refractivity contribution in [3.8, 4) is 5.75 Å². The number of ketones is 2. The van der Waals surface area contributed by atoms with Crippen molar-refractivity contribution < 1.29 is 109 Å². The Labute approximate surface area is 678 Å². The van der Waals surface area contributed by atoms with Gasteiger partial charge in [-0.05, 0) is 62.1 Å². The zero-order valence-corrected chi connectivity index (χ0v) is 69.3. The van der Waals surface area contributed by atoms with Gasteiger partial charge in [-0.15, -0.1) is 0 Å². The number of hydrogen-bond donors (Lipinski definition) is 14. The first-order valence-corrected chi connectivity index (χ1v) is 43.6. The fourth-order valence-electron chi connectivity index (χ4n) is 12.5. The molecule has 37 nitrogen and oxygen atoms in total. The zero-order chi connectivity index (χ0) is 83.2. The van der Waals surface area contributed by atoms with Crippen LogP contribution in [0.4, 0.5) is 4.79 Å². The number of ether oxygens (including phenoxy) is 3. The van der Waals surface area contributed by atoms with Crippen LogP contribution >= 0.6 is 53.4 Å². The Morgan fingerprint density at radius 1 is 0.841 bits per heavy atom. The van der Waals surface area contributed by atoms with E-state index in [1.165, 1.54) is 47.9 Å². The fourth-order valence-corrected chi connectivity index (χ4v) is 17.9. The van der Waals surface area contributed by atoms with E-state index >= 15 is 9.00 Å². The van der Waals surface area contributed by atoms with Crippen LogP contribution in [0.5, 0.6) is 5.75 Å². The van der Waals surface area contributed by atoms with Crippen LogP contribution in [0, 0.1) is 23.7 Å². The third-order valence-electron chi connectivity index (χ3n) is 19.0. The zero-order valence-electron chi connectivity index (χ0n) is 62.9. The number of aliphatic hydroxyl groups excluding tert-OH is 3. The second-order valence-electron chi connectivity index (χ2n) is 27.9. The summed E-state index contributed by atoms with van der Waals surface area (Å²) in [6.45, 7) is 4.79. The average molecular weight is 1790 g/mol. The van der Waals surface area contributed by atoms with Gasteiger partial charge in [0.2, 0.25) is 53.2 Å². The molecule has 0 radical (unpaired) electrons. The molecule has 3 aliphatic heterocycles. The second kappa shape index (κ2) is 43.2. The number of Topliss-reactive ketones (excluding diaryl/α,β-unsaturated/α-hetero) is 2. The van der Waals surface area contributed by atoms with E-state index < -0.39 is 239 Å². The topological polar surface area (TPSA) is 552 Å². The van der Waals surface area contributed by atoms with Gasteiger partial charge in [0.05, 0.1) is 127 Å². The molecular weight excluding hydrogens is 1690 g/mol. The smallest absolute Gasteiger partial charge is 0.410 e. The van der Waals surface area contributed by atoms with Gasteiger partial charge in [-0.2, -0.15) is 8.42 Å². The number of primary amides is 1. The van der Waals surface area contributed by atoms with Crippen LogP contribution in [0.2, 0.25) is 0 Å². The number of nitrogens with two attached hydrogens (primary N) is 1. The van der Waals surface area contributed by atoms with E-state index in [2.05, 4.69) is 89.3 Å². The van der Waals surface area contributed by atoms with E-state index in [9.17, 15) is 85.8 Å². The van der Waals surface area contributed by atoms with Gasteiger partial charge >= 0.3 is 6.09 Å². The maximum atomic E-state index is 15.3. The molecule has 4 aromatic rings. The van der Waals surface area contributed by atoms with Crippen LogP contribution in [-0.4, -0.2) is 278 Å². The van der Waals surface area contributed by atoms with Crippen molar-refractivity contribution in [2.75, 3.05) is 96.6 Å². The number of amides is 11. The first-order chi connectivity index (χ1) is 53.5. The Morgan fingerprint density at radius 2 is 1.51 bits per heavy atom. The molecule has 5 heterocycles. The maximum absolute atomic E-state index is 15.3. The number of halogens is 2. The van der Waals surface area contributed by atoms with Crippen molar-refractivity contribution >= 4 is 173 Å². The number of aromatic amines is 1. The summed E-state index contributed by atoms with van der Waals surface area (Å²) in [5.41, 5.74) is 8.88. The molecule has 1 fully saturated rings. The first-order valence-electron chi connectivity index (χ1n) is 36.2. The summed E-state index contributed by atoms with van der Waals surface area (Å²) in [4.78, 5) is 196. The van der Waals surface area contributed by atoms with Crippen molar-refractivity contribution in [2.45, 2.75) is 142 Å². The number of nitrogens with zero attached hydrogens (tertiary/aromatic N) is 4. The lowest BCUT2D eigenvalue weighted by Gasteiger charge is -2.33. The SMILES string of the molecule is CC[C@H](C)[C@@H]1NC(=O)CNC(=O)[C@@H]2CC(=O)[C@H]([C@@H](C)[C@@H](O)CO)NC(=O)[C@@H]3C[C@@H](O)CN3C(=O)[C@H](CC(N)=O)CC(=O)[C@H](CS(=O)c3[nH]c4cc(OC(=O)N(C)CCSSC(C)(C)C(NC(=O)CCOCCOCCNC(=O)c5ccc6nc(CBr)c(CBr)nc6c5)C(=O)NCCS(=O)(=O)O)ccc4c3C2)NC(=O)CNC1=O. The molecule has 15 N–H and O–H groups in total. The van der Waals surface area contributed by atoms with Gasteiger partial charge in [0, 0.05) is 115 Å². The predicted octanol–water partition coefficient (Wildman–Crippen LogP) is -0.779. The minimum Gasteiger partial charge on any atom is -0.410 e. The summed E-state index contributed by atoms with van der Waals surface area (Å²) in [5.74, 6) is -17.3. The first kappa shape index (κ1) is 92.3. The minimum absolute atomic E-state index is 0.00327. The standard InChI is InChI=1S/C70H96Br2N14O23S4/c1-7-36(2)59-65(99)77-31-57(94)80-50-35-112(103)67-44(22-39(63(97)76-32-58(95)82-59)24-53(90)60(37(3)54(91)34-87)84-64(98)51-27-41(88)33-86(51)68(101)40(25-52(50)89)26-55(73)92)43-10-9-42(28-46(43)81-67)109-69(102)85(6)15-20-110-111-70(4,5)61(66(100)75-14-21-113(104,105)106)83-56(93)12-16-107-18-19-108-17-13-74-62(96)38-8-11-45-47(23-38)79-49(30-72)48(29-71)78-45/h8-11,23,28,36-37,39-41,50-51,54,59-61,81,87-88,91H,7,12-22,24-27,29-35H2,1-6H3,(H2,73,92)(H,74,96)(H,75,100)(H,76,97)(H,77,99)(H,80,94)(H,82,95)(H,83,93)(H,84,98)(H,104,105,106)/t36-,37-,39-,40-,41+,50-,51-,54-,59-,60-,61?,112?/m0/s1. The van der Waals surface area contributed by atoms with E-state index in [1.54, 1.807) is 45.9 Å². The molecule has 12 atom stereocenters. The molecule has 0 saturated carbocycles. The Morgan fingerprint density at radius 3 is 2.18 bits per heavy atom. The maximum Gasteiger partial charge on any atom is 0.414 e. The number of rotatable bonds is 31. The lowest BCUT2D eigenvalue weighted by molar-refractivity contribution is -0.145. The van der Waals surface area contributed by atoms with Crippen LogP contribution in [0.15, 0.2) is 41.4 Å². The number of carbonyl (C=O) groups excluding carboxylic acids is 13. The number of H-pyrrole nitrogens is 1. The molecule has 2 aromatic carbocycles. The molecule has 0 aliphatic carbocycles. The summed E-state index contributed by atoms with van der Waals surface area (Å²) < 4.78 is 63.6. The highest BCUT2D eigenvalue weighted by Crippen LogP contribution is 2.39. The fraction of sp³-hybridized carbons (Fsp3) is 0.586. The van der Waals surface area contributed by atoms with Gasteiger partial charge in [0.15, 0.2) is 11.6 Å². The molecule has 2 bridgehead atoms. The predicted molar refractivity (Wildman–Crippen MR) is 420 cm³/mol. The molecule has 7 rings (SSSR count). The Kier molecular flexibility index (Phi) is 35.3. The Balaban J connectivity index is 1.07. The summed E-state index contributed by atoms with van der Waals surface area (Å²) in [7, 11) is -3.24. The molecule has 0 spiro atoms. The van der Waals surface area contributed by atoms with Gasteiger partial charge in [0.25, 0.3) is 16.0 Å². The molecule has 113 heavy (non-hydrogen) atoms. The highest BCUT2D eigenvalue weighted by molar-refractivity contribution is 9.09. The quantitative estimate of drug-likeness (QED) is 0.0127. The van der Waals surface area contributed by atoms with Crippen LogP contribution < -0.4 is 53.0 Å². The van der Waals surface area contributed by atoms with E-state index in [-0.39, 0.29) is 84.8 Å². The molecular formula is C70H96Br2N14O23S4. The molecule has 2 unspecified atom stereocenters. The summed E-state index contributed by atoms with van der Waals surface area (Å²) in [6.07, 6.45) is -7.39. The van der Waals surface area contributed by atoms with E-state index in [0.717, 1.165) is 27.1 Å². The van der Waals surface area contributed by atoms with Crippen molar-refractivity contribution in [1.82, 2.24) is 67.3 Å². The highest BCUT2D eigenvalue weighted by atomic mass is 79.9. The normalized spacial score (nSPS) is 21.8. The summed E-state index contributed by atoms with van der Waals surface area (Å²) in [5, 5.41) is 53.5. The number of hydrogen-bond acceptors (Lipinski definition) is 26. The number of alkyl halides is 2. The molecule has 3 aliphatic rings. The molecule has 43 heteroatoms. The average Bonchev–Trinajstić information content (AvgIpc) is 1.60. The second-order valence-corrected chi connectivity index (χ2v) is 35.1. The number of aromatic nitrogens is 3. The summed E-state index contributed by atoms with van der Waals surface area (Å²) >= 11 is 6.83. The molecule has 11 amide bonds. The summed E-state index contributed by atoms with van der Waals surface area (Å²) in [6, 6.07) is 1.35. The van der Waals surface area contributed by atoms with Crippen molar-refractivity contribution in [3.05, 3.63) is 58.9 Å². The third kappa shape index (κ3) is 26.9. The highest BCUT2D eigenvalue weighted by Gasteiger charge is 2.46. The minimum atomic E-state index is -4.49. The van der Waals surface area contributed by atoms with Gasteiger partial charge in [-0.1, -0.05) is 80.6 Å². The van der Waals surface area contributed by atoms with Crippen LogP contribution in [0.1, 0.15) is 100 Å². The van der Waals surface area contributed by atoms with Crippen molar-refractivity contribution in [1.29, 1.82) is 0 Å². The van der Waals surface area contributed by atoms with Crippen molar-refractivity contribution in [2.24, 2.45) is 29.4 Å². The van der Waals surface area contributed by atoms with E-state index in [1.807, 2.05) is 0 Å². The third-order valence-corrected chi connectivity index (χ3v) is 25.5. The van der Waals surface area contributed by atoms with E-state index in [0.29, 0.717) is 33.7 Å². The lowest BCUT2D eigenvalue weighted by Crippen LogP contribution is -2.56. The van der Waals surface area contributed by atoms with E-state index in [4.69, 9.17) is 19.9 Å². The molecule has 2 aromatic heterocycles. The number of nitrogens with one attached hydrogen (secondary N) is 9. The Hall–Kier alpha value is -7.85. The Bertz CT molecular complexity index is 4320. The van der Waals surface area contributed by atoms with Crippen molar-refractivity contribution in [3.63, 3.8) is 0 Å². The monoisotopic (exact) mass is 1790 g/mol. The van der Waals surface area contributed by atoms with Gasteiger partial charge in [-0.25, -0.2) is 14.8 Å². The van der Waals surface area contributed by atoms with Gasteiger partial charge < -0.3 is 92.6 Å². The lowest BCUT2D eigenvalue weighted by atomic mass is 9.85. The van der Waals surface area contributed by atoms with Gasteiger partial charge in [-0.3, -0.25) is 66.3 Å². The van der Waals surface area contributed by atoms with Crippen LogP contribution in [0.3, 0.4) is 0 Å². The molecule has 1 saturated heterocycles. The van der Waals surface area contributed by atoms with Gasteiger partial charge in [0.1, 0.15) is 28.9 Å². The number of benzene rings is 2. The van der Waals surface area contributed by atoms with Crippen LogP contribution in [-0.2, 0) is 100 Å². The number of aliphatic hydroxyl groups is 3. The molecule has 622 valence electrons. The number of fused-ring (bicyclic) bond motifs is 6.